The molecule has 1 N–H and O–H groups in total. The van der Waals surface area contributed by atoms with Crippen molar-refractivity contribution in [2.75, 3.05) is 13.1 Å². The van der Waals surface area contributed by atoms with Crippen LogP contribution in [0.4, 0.5) is 0 Å². The van der Waals surface area contributed by atoms with E-state index in [9.17, 15) is 0 Å². The van der Waals surface area contributed by atoms with E-state index < -0.39 is 0 Å². The molecule has 0 bridgehead atoms. The fraction of sp³-hybridized carbons (Fsp3) is 0.800. The van der Waals surface area contributed by atoms with Gasteiger partial charge < -0.3 is 5.32 Å². The van der Waals surface area contributed by atoms with Gasteiger partial charge >= 0.3 is 0 Å². The standard InChI is InChI=1S/C15H28N4/c1-11(2)14-8-16-15(4,5)10-19(14)9-13-7-12(3)17-18(13)6/h7,11,14,16H,8-10H2,1-6H3. The lowest BCUT2D eigenvalue weighted by atomic mass is 9.93. The molecule has 0 spiro atoms. The van der Waals surface area contributed by atoms with Gasteiger partial charge in [-0.3, -0.25) is 9.58 Å². The molecule has 1 aliphatic rings. The minimum Gasteiger partial charge on any atom is -0.309 e. The molecule has 1 fully saturated rings. The van der Waals surface area contributed by atoms with Gasteiger partial charge in [-0.25, -0.2) is 0 Å². The molecule has 0 amide bonds. The van der Waals surface area contributed by atoms with Crippen LogP contribution in [0.15, 0.2) is 6.07 Å². The summed E-state index contributed by atoms with van der Waals surface area (Å²) in [6, 6.07) is 2.80. The fourth-order valence-electron chi connectivity index (χ4n) is 3.04. The van der Waals surface area contributed by atoms with Crippen molar-refractivity contribution in [2.45, 2.75) is 52.7 Å². The van der Waals surface area contributed by atoms with E-state index >= 15 is 0 Å². The Kier molecular flexibility index (Phi) is 4.02. The zero-order chi connectivity index (χ0) is 14.2. The summed E-state index contributed by atoms with van der Waals surface area (Å²) in [5.74, 6) is 0.665. The molecular formula is C15H28N4. The van der Waals surface area contributed by atoms with E-state index in [1.54, 1.807) is 0 Å². The number of hydrogen-bond acceptors (Lipinski definition) is 3. The monoisotopic (exact) mass is 264 g/mol. The largest absolute Gasteiger partial charge is 0.309 e. The summed E-state index contributed by atoms with van der Waals surface area (Å²) in [5.41, 5.74) is 2.60. The molecule has 0 radical (unpaired) electrons. The maximum Gasteiger partial charge on any atom is 0.0597 e. The van der Waals surface area contributed by atoms with Gasteiger partial charge in [0, 0.05) is 38.3 Å². The van der Waals surface area contributed by atoms with Gasteiger partial charge in [-0.15, -0.1) is 0 Å². The number of nitrogens with zero attached hydrogens (tertiary/aromatic N) is 3. The molecule has 108 valence electrons. The molecule has 0 saturated carbocycles. The predicted octanol–water partition coefficient (Wildman–Crippen LogP) is 1.94. The third-order valence-corrected chi connectivity index (χ3v) is 4.09. The Morgan fingerprint density at radius 2 is 2.16 bits per heavy atom. The summed E-state index contributed by atoms with van der Waals surface area (Å²) in [7, 11) is 2.04. The minimum atomic E-state index is 0.193. The predicted molar refractivity (Wildman–Crippen MR) is 79.1 cm³/mol. The van der Waals surface area contributed by atoms with E-state index in [0.29, 0.717) is 12.0 Å². The third-order valence-electron chi connectivity index (χ3n) is 4.09. The van der Waals surface area contributed by atoms with Crippen LogP contribution in [0.1, 0.15) is 39.1 Å². The van der Waals surface area contributed by atoms with Crippen molar-refractivity contribution in [1.29, 1.82) is 0 Å². The van der Waals surface area contributed by atoms with Crippen LogP contribution in [-0.2, 0) is 13.6 Å². The number of aryl methyl sites for hydroxylation is 2. The molecule has 0 aromatic carbocycles. The number of hydrogen-bond donors (Lipinski definition) is 1. The summed E-state index contributed by atoms with van der Waals surface area (Å²) >= 11 is 0. The van der Waals surface area contributed by atoms with Gasteiger partial charge in [-0.1, -0.05) is 13.8 Å². The lowest BCUT2D eigenvalue weighted by Gasteiger charge is -2.46. The van der Waals surface area contributed by atoms with Gasteiger partial charge in [0.05, 0.1) is 11.4 Å². The van der Waals surface area contributed by atoms with Crippen molar-refractivity contribution in [1.82, 2.24) is 20.0 Å². The highest BCUT2D eigenvalue weighted by Gasteiger charge is 2.34. The summed E-state index contributed by atoms with van der Waals surface area (Å²) in [5, 5.41) is 8.12. The van der Waals surface area contributed by atoms with Crippen molar-refractivity contribution in [2.24, 2.45) is 13.0 Å². The summed E-state index contributed by atoms with van der Waals surface area (Å²) in [4.78, 5) is 2.61. The fourth-order valence-corrected chi connectivity index (χ4v) is 3.04. The number of nitrogens with one attached hydrogen (secondary N) is 1. The normalized spacial score (nSPS) is 24.1. The second kappa shape index (κ2) is 5.25. The van der Waals surface area contributed by atoms with E-state index in [1.165, 1.54) is 5.69 Å². The number of rotatable bonds is 3. The maximum absolute atomic E-state index is 4.46. The first-order valence-electron chi connectivity index (χ1n) is 7.27. The first-order chi connectivity index (χ1) is 8.78. The van der Waals surface area contributed by atoms with Gasteiger partial charge in [-0.2, -0.15) is 5.10 Å². The molecular weight excluding hydrogens is 236 g/mol. The highest BCUT2D eigenvalue weighted by molar-refractivity contribution is 5.09. The van der Waals surface area contributed by atoms with Crippen LogP contribution < -0.4 is 5.32 Å². The molecule has 1 atom stereocenters. The Morgan fingerprint density at radius 1 is 1.47 bits per heavy atom. The molecule has 19 heavy (non-hydrogen) atoms. The van der Waals surface area contributed by atoms with Gasteiger partial charge in [0.25, 0.3) is 0 Å². The van der Waals surface area contributed by atoms with Crippen LogP contribution >= 0.6 is 0 Å². The molecule has 4 heteroatoms. The van der Waals surface area contributed by atoms with E-state index in [4.69, 9.17) is 0 Å². The van der Waals surface area contributed by atoms with E-state index in [1.807, 2.05) is 11.7 Å². The van der Waals surface area contributed by atoms with Crippen molar-refractivity contribution in [3.05, 3.63) is 17.5 Å². The Balaban J connectivity index is 2.16. The Labute approximate surface area is 117 Å². The molecule has 1 aliphatic heterocycles. The average molecular weight is 264 g/mol. The molecule has 2 rings (SSSR count). The summed E-state index contributed by atoms with van der Waals surface area (Å²) in [6.07, 6.45) is 0. The smallest absolute Gasteiger partial charge is 0.0597 e. The second-order valence-corrected chi connectivity index (χ2v) is 6.88. The van der Waals surface area contributed by atoms with Gasteiger partial charge in [-0.05, 0) is 32.8 Å². The topological polar surface area (TPSA) is 33.1 Å². The Bertz CT molecular complexity index is 433. The van der Waals surface area contributed by atoms with Crippen molar-refractivity contribution < 1.29 is 0 Å². The first kappa shape index (κ1) is 14.5. The summed E-state index contributed by atoms with van der Waals surface area (Å²) in [6.45, 7) is 14.4. The number of piperazine rings is 1. The maximum atomic E-state index is 4.46. The van der Waals surface area contributed by atoms with Gasteiger partial charge in [0.15, 0.2) is 0 Å². The van der Waals surface area contributed by atoms with Crippen LogP contribution in [0, 0.1) is 12.8 Å². The lowest BCUT2D eigenvalue weighted by molar-refractivity contribution is 0.0607. The third kappa shape index (κ3) is 3.37. The van der Waals surface area contributed by atoms with Crippen LogP contribution in [0.5, 0.6) is 0 Å². The number of aromatic nitrogens is 2. The average Bonchev–Trinajstić information content (AvgIpc) is 2.55. The molecule has 0 aliphatic carbocycles. The van der Waals surface area contributed by atoms with Gasteiger partial charge in [0.2, 0.25) is 0 Å². The van der Waals surface area contributed by atoms with Crippen LogP contribution in [-0.4, -0.2) is 39.4 Å². The van der Waals surface area contributed by atoms with E-state index in [-0.39, 0.29) is 5.54 Å². The highest BCUT2D eigenvalue weighted by atomic mass is 15.3. The second-order valence-electron chi connectivity index (χ2n) is 6.88. The quantitative estimate of drug-likeness (QED) is 0.905. The molecule has 2 heterocycles. The molecule has 1 aromatic rings. The first-order valence-corrected chi connectivity index (χ1v) is 7.27. The van der Waals surface area contributed by atoms with Crippen molar-refractivity contribution >= 4 is 0 Å². The van der Waals surface area contributed by atoms with Crippen molar-refractivity contribution in [3.8, 4) is 0 Å². The van der Waals surface area contributed by atoms with E-state index in [2.05, 4.69) is 56.0 Å². The minimum absolute atomic E-state index is 0.193. The van der Waals surface area contributed by atoms with Crippen LogP contribution in [0.2, 0.25) is 0 Å². The Hall–Kier alpha value is -0.870. The molecule has 1 saturated heterocycles. The Morgan fingerprint density at radius 3 is 2.68 bits per heavy atom. The van der Waals surface area contributed by atoms with Crippen molar-refractivity contribution in [3.63, 3.8) is 0 Å². The zero-order valence-corrected chi connectivity index (χ0v) is 13.2. The SMILES string of the molecule is Cc1cc(CN2CC(C)(C)NCC2C(C)C)n(C)n1. The van der Waals surface area contributed by atoms with E-state index in [0.717, 1.165) is 25.3 Å². The molecule has 1 aromatic heterocycles. The lowest BCUT2D eigenvalue weighted by Crippen LogP contribution is -2.62. The van der Waals surface area contributed by atoms with Crippen LogP contribution in [0.3, 0.4) is 0 Å². The van der Waals surface area contributed by atoms with Crippen LogP contribution in [0.25, 0.3) is 0 Å². The summed E-state index contributed by atoms with van der Waals surface area (Å²) < 4.78 is 2.02. The molecule has 4 nitrogen and oxygen atoms in total. The highest BCUT2D eigenvalue weighted by Crippen LogP contribution is 2.22. The zero-order valence-electron chi connectivity index (χ0n) is 13.2. The molecule has 1 unspecified atom stereocenters. The van der Waals surface area contributed by atoms with Gasteiger partial charge in [0.1, 0.15) is 0 Å².